The molecule has 2 aromatic rings. The van der Waals surface area contributed by atoms with Crippen molar-refractivity contribution in [2.24, 2.45) is 0 Å². The molecule has 0 spiro atoms. The van der Waals surface area contributed by atoms with Crippen LogP contribution in [-0.2, 0) is 15.7 Å². The Kier molecular flexibility index (Phi) is 8.12. The fraction of sp³-hybridized carbons (Fsp3) is 0.429. The maximum Gasteiger partial charge on any atom is 0.261 e. The Labute approximate surface area is 180 Å². The molecule has 10 heteroatoms. The summed E-state index contributed by atoms with van der Waals surface area (Å²) in [6.45, 7) is 2.94. The van der Waals surface area contributed by atoms with Crippen molar-refractivity contribution in [3.05, 3.63) is 65.2 Å². The molecule has 1 heterocycles. The van der Waals surface area contributed by atoms with Gasteiger partial charge in [-0.05, 0) is 55.2 Å². The summed E-state index contributed by atoms with van der Waals surface area (Å²) < 4.78 is 52.5. The second-order valence-corrected chi connectivity index (χ2v) is 9.17. The number of piperidine rings is 1. The van der Waals surface area contributed by atoms with E-state index in [9.17, 15) is 32.5 Å². The first-order valence-electron chi connectivity index (χ1n) is 9.61. The first-order valence-corrected chi connectivity index (χ1v) is 11.5. The van der Waals surface area contributed by atoms with Gasteiger partial charge in [0, 0.05) is 19.1 Å². The third kappa shape index (κ3) is 7.22. The Morgan fingerprint density at radius 2 is 1.58 bits per heavy atom. The molecular formula is C21H27F2NO6S. The van der Waals surface area contributed by atoms with Crippen LogP contribution in [0.2, 0.25) is 0 Å². The minimum atomic E-state index is -3.67. The summed E-state index contributed by atoms with van der Waals surface area (Å²) >= 11 is 0. The average Bonchev–Trinajstić information content (AvgIpc) is 2.69. The number of benzene rings is 2. The van der Waals surface area contributed by atoms with Crippen LogP contribution in [0, 0.1) is 11.6 Å². The van der Waals surface area contributed by atoms with Gasteiger partial charge in [-0.15, -0.1) is 0 Å². The molecule has 3 rings (SSSR count). The van der Waals surface area contributed by atoms with E-state index in [2.05, 4.69) is 0 Å². The molecule has 1 aliphatic heterocycles. The minimum absolute atomic E-state index is 0.281. The SMILES string of the molecule is CS(=O)(=O)O.C[C@H]([C@H](O)c1ccc(O)c(F)c1)N1CCC(O)(c2ccc(F)cc2)CC1. The molecule has 1 saturated heterocycles. The molecule has 1 aliphatic rings. The lowest BCUT2D eigenvalue weighted by molar-refractivity contribution is -0.0502. The Balaban J connectivity index is 0.000000614. The van der Waals surface area contributed by atoms with Crippen LogP contribution >= 0.6 is 0 Å². The van der Waals surface area contributed by atoms with E-state index < -0.39 is 33.4 Å². The van der Waals surface area contributed by atoms with Gasteiger partial charge in [0.25, 0.3) is 10.1 Å². The number of aliphatic hydroxyl groups is 2. The van der Waals surface area contributed by atoms with Crippen LogP contribution in [0.1, 0.15) is 37.0 Å². The number of aliphatic hydroxyl groups excluding tert-OH is 1. The highest BCUT2D eigenvalue weighted by molar-refractivity contribution is 7.85. The fourth-order valence-electron chi connectivity index (χ4n) is 3.54. The summed E-state index contributed by atoms with van der Waals surface area (Å²) in [5, 5.41) is 30.7. The van der Waals surface area contributed by atoms with Gasteiger partial charge in [-0.2, -0.15) is 8.42 Å². The van der Waals surface area contributed by atoms with Gasteiger partial charge in [0.05, 0.1) is 18.0 Å². The molecule has 2 aromatic carbocycles. The van der Waals surface area contributed by atoms with Crippen LogP contribution in [0.15, 0.2) is 42.5 Å². The number of phenols is 1. The van der Waals surface area contributed by atoms with E-state index in [1.165, 1.54) is 24.3 Å². The van der Waals surface area contributed by atoms with Crippen LogP contribution in [0.4, 0.5) is 8.78 Å². The highest BCUT2D eigenvalue weighted by atomic mass is 32.2. The molecule has 4 N–H and O–H groups in total. The molecule has 172 valence electrons. The third-order valence-electron chi connectivity index (χ3n) is 5.35. The zero-order chi connectivity index (χ0) is 23.4. The molecule has 7 nitrogen and oxygen atoms in total. The number of aromatic hydroxyl groups is 1. The fourth-order valence-corrected chi connectivity index (χ4v) is 3.54. The first-order chi connectivity index (χ1) is 14.3. The summed E-state index contributed by atoms with van der Waals surface area (Å²) in [6.07, 6.45) is 0.717. The number of phenolic OH excluding ortho intramolecular Hbond substituents is 1. The van der Waals surface area contributed by atoms with Gasteiger partial charge in [-0.1, -0.05) is 18.2 Å². The van der Waals surface area contributed by atoms with Gasteiger partial charge in [0.2, 0.25) is 0 Å². The smallest absolute Gasteiger partial charge is 0.261 e. The monoisotopic (exact) mass is 459 g/mol. The predicted molar refractivity (Wildman–Crippen MR) is 111 cm³/mol. The second-order valence-electron chi connectivity index (χ2n) is 7.70. The van der Waals surface area contributed by atoms with E-state index in [0.29, 0.717) is 43.3 Å². The van der Waals surface area contributed by atoms with Crippen LogP contribution in [0.5, 0.6) is 5.75 Å². The van der Waals surface area contributed by atoms with Crippen molar-refractivity contribution in [2.75, 3.05) is 19.3 Å². The Morgan fingerprint density at radius 3 is 2.06 bits per heavy atom. The average molecular weight is 460 g/mol. The molecule has 2 atom stereocenters. The Bertz CT molecular complexity index is 968. The lowest BCUT2D eigenvalue weighted by Crippen LogP contribution is -2.47. The van der Waals surface area contributed by atoms with E-state index in [-0.39, 0.29) is 11.9 Å². The van der Waals surface area contributed by atoms with Gasteiger partial charge >= 0.3 is 0 Å². The van der Waals surface area contributed by atoms with Crippen LogP contribution in [0.3, 0.4) is 0 Å². The molecule has 0 amide bonds. The molecular weight excluding hydrogens is 432 g/mol. The number of nitrogens with zero attached hydrogens (tertiary/aromatic N) is 1. The molecule has 1 fully saturated rings. The number of rotatable bonds is 4. The zero-order valence-electron chi connectivity index (χ0n) is 17.2. The number of halogens is 2. The first kappa shape index (κ1) is 25.2. The standard InChI is InChI=1S/C20H23F2NO3.CH4O3S/c1-13(19(25)14-2-7-18(24)17(22)12-14)23-10-8-20(26,9-11-23)15-3-5-16(21)6-4-15;1-5(2,3)4/h2-7,12-13,19,24-26H,8-11H2,1H3;1H3,(H,2,3,4)/t13-,19+;/m1./s1. The van der Waals surface area contributed by atoms with Crippen LogP contribution in [-0.4, -0.2) is 58.6 Å². The molecule has 31 heavy (non-hydrogen) atoms. The summed E-state index contributed by atoms with van der Waals surface area (Å²) in [5.74, 6) is -1.55. The van der Waals surface area contributed by atoms with E-state index >= 15 is 0 Å². The van der Waals surface area contributed by atoms with Gasteiger partial charge in [0.15, 0.2) is 11.6 Å². The van der Waals surface area contributed by atoms with Crippen molar-refractivity contribution in [2.45, 2.75) is 37.5 Å². The Hall–Kier alpha value is -2.11. The van der Waals surface area contributed by atoms with Gasteiger partial charge in [0.1, 0.15) is 5.82 Å². The van der Waals surface area contributed by atoms with Gasteiger partial charge < -0.3 is 15.3 Å². The number of likely N-dealkylation sites (tertiary alicyclic amines) is 1. The second kappa shape index (κ2) is 10.0. The van der Waals surface area contributed by atoms with Crippen molar-refractivity contribution >= 4 is 10.1 Å². The summed E-state index contributed by atoms with van der Waals surface area (Å²) in [7, 11) is -3.67. The van der Waals surface area contributed by atoms with Crippen molar-refractivity contribution in [3.8, 4) is 5.75 Å². The molecule has 0 unspecified atom stereocenters. The lowest BCUT2D eigenvalue weighted by atomic mass is 9.83. The lowest BCUT2D eigenvalue weighted by Gasteiger charge is -2.42. The quantitative estimate of drug-likeness (QED) is 0.519. The van der Waals surface area contributed by atoms with E-state index in [1.54, 1.807) is 12.1 Å². The summed E-state index contributed by atoms with van der Waals surface area (Å²) in [5.41, 5.74) is 0.0685. The summed E-state index contributed by atoms with van der Waals surface area (Å²) in [4.78, 5) is 2.04. The van der Waals surface area contributed by atoms with E-state index in [1.807, 2.05) is 11.8 Å². The summed E-state index contributed by atoms with van der Waals surface area (Å²) in [6, 6.07) is 9.45. The third-order valence-corrected chi connectivity index (χ3v) is 5.35. The maximum atomic E-state index is 13.5. The molecule has 0 saturated carbocycles. The van der Waals surface area contributed by atoms with Crippen molar-refractivity contribution < 1.29 is 37.1 Å². The van der Waals surface area contributed by atoms with E-state index in [4.69, 9.17) is 4.55 Å². The Morgan fingerprint density at radius 1 is 1.06 bits per heavy atom. The van der Waals surface area contributed by atoms with Crippen molar-refractivity contribution in [1.29, 1.82) is 0 Å². The number of hydrogen-bond acceptors (Lipinski definition) is 6. The van der Waals surface area contributed by atoms with Crippen LogP contribution < -0.4 is 0 Å². The molecule has 0 aliphatic carbocycles. The van der Waals surface area contributed by atoms with Gasteiger partial charge in [-0.3, -0.25) is 9.45 Å². The van der Waals surface area contributed by atoms with E-state index in [0.717, 1.165) is 6.07 Å². The topological polar surface area (TPSA) is 118 Å². The minimum Gasteiger partial charge on any atom is -0.505 e. The normalized spacial score (nSPS) is 18.5. The predicted octanol–water partition coefficient (Wildman–Crippen LogP) is 2.58. The van der Waals surface area contributed by atoms with Crippen LogP contribution in [0.25, 0.3) is 0 Å². The zero-order valence-corrected chi connectivity index (χ0v) is 18.1. The molecule has 0 bridgehead atoms. The highest BCUT2D eigenvalue weighted by Crippen LogP contribution is 2.35. The highest BCUT2D eigenvalue weighted by Gasteiger charge is 2.36. The molecule has 0 aromatic heterocycles. The van der Waals surface area contributed by atoms with Gasteiger partial charge in [-0.25, -0.2) is 8.78 Å². The van der Waals surface area contributed by atoms with Crippen molar-refractivity contribution in [3.63, 3.8) is 0 Å². The largest absolute Gasteiger partial charge is 0.505 e. The number of hydrogen-bond donors (Lipinski definition) is 4. The maximum absolute atomic E-state index is 13.5. The molecule has 0 radical (unpaired) electrons. The van der Waals surface area contributed by atoms with Crippen molar-refractivity contribution in [1.82, 2.24) is 4.90 Å².